The molecule has 0 radical (unpaired) electrons. The molecule has 2 aromatic heterocycles. The average molecular weight is 281 g/mol. The van der Waals surface area contributed by atoms with Gasteiger partial charge in [-0.2, -0.15) is 0 Å². The maximum absolute atomic E-state index is 12.1. The summed E-state index contributed by atoms with van der Waals surface area (Å²) < 4.78 is 5.32. The molecule has 0 fully saturated rings. The Morgan fingerprint density at radius 1 is 1.29 bits per heavy atom. The Labute approximate surface area is 122 Å². The Balaban J connectivity index is 1.66. The van der Waals surface area contributed by atoms with Gasteiger partial charge in [0.25, 0.3) is 5.91 Å². The predicted octanol–water partition coefficient (Wildman–Crippen LogP) is 2.91. The molecule has 0 saturated heterocycles. The average Bonchev–Trinajstić information content (AvgIpc) is 3.17. The molecule has 1 amide bonds. The lowest BCUT2D eigenvalue weighted by Gasteiger charge is -2.05. The van der Waals surface area contributed by atoms with Crippen LogP contribution < -0.4 is 5.32 Å². The number of benzene rings is 1. The maximum Gasteiger partial charge on any atom is 0.251 e. The van der Waals surface area contributed by atoms with Crippen molar-refractivity contribution in [2.75, 3.05) is 0 Å². The SMILES string of the molecule is Cc1[nH]cnc1CNC(=O)c1ccc(-c2ccco2)cc1. The Bertz CT molecular complexity index is 727. The first kappa shape index (κ1) is 13.2. The summed E-state index contributed by atoms with van der Waals surface area (Å²) in [5.41, 5.74) is 3.36. The highest BCUT2D eigenvalue weighted by Crippen LogP contribution is 2.19. The van der Waals surface area contributed by atoms with Crippen LogP contribution in [0.5, 0.6) is 0 Å². The number of furan rings is 1. The van der Waals surface area contributed by atoms with E-state index in [1.807, 2.05) is 31.2 Å². The maximum atomic E-state index is 12.1. The third-order valence-electron chi connectivity index (χ3n) is 3.30. The van der Waals surface area contributed by atoms with E-state index in [1.165, 1.54) is 0 Å². The second-order valence-electron chi connectivity index (χ2n) is 4.71. The van der Waals surface area contributed by atoms with Gasteiger partial charge in [0.15, 0.2) is 0 Å². The lowest BCUT2D eigenvalue weighted by molar-refractivity contribution is 0.0950. The van der Waals surface area contributed by atoms with Gasteiger partial charge in [-0.05, 0) is 31.2 Å². The van der Waals surface area contributed by atoms with E-state index < -0.39 is 0 Å². The molecule has 106 valence electrons. The first-order chi connectivity index (χ1) is 10.2. The first-order valence-electron chi connectivity index (χ1n) is 6.65. The fourth-order valence-corrected chi connectivity index (χ4v) is 2.06. The zero-order valence-corrected chi connectivity index (χ0v) is 11.6. The quantitative estimate of drug-likeness (QED) is 0.772. The molecule has 0 aliphatic carbocycles. The molecule has 2 heterocycles. The largest absolute Gasteiger partial charge is 0.464 e. The Kier molecular flexibility index (Phi) is 3.55. The van der Waals surface area contributed by atoms with Crippen molar-refractivity contribution in [2.45, 2.75) is 13.5 Å². The molecular formula is C16H15N3O2. The van der Waals surface area contributed by atoms with E-state index in [0.29, 0.717) is 12.1 Å². The van der Waals surface area contributed by atoms with Crippen LogP contribution in [0.2, 0.25) is 0 Å². The molecular weight excluding hydrogens is 266 g/mol. The molecule has 2 N–H and O–H groups in total. The van der Waals surface area contributed by atoms with E-state index in [0.717, 1.165) is 22.7 Å². The molecule has 21 heavy (non-hydrogen) atoms. The molecule has 3 aromatic rings. The zero-order valence-electron chi connectivity index (χ0n) is 11.6. The highest BCUT2D eigenvalue weighted by atomic mass is 16.3. The lowest BCUT2D eigenvalue weighted by Crippen LogP contribution is -2.23. The van der Waals surface area contributed by atoms with Crippen molar-refractivity contribution in [3.05, 3.63) is 65.9 Å². The standard InChI is InChI=1S/C16H15N3O2/c1-11-14(19-10-18-11)9-17-16(20)13-6-4-12(5-7-13)15-3-2-8-21-15/h2-8,10H,9H2,1H3,(H,17,20)(H,18,19). The fraction of sp³-hybridized carbons (Fsp3) is 0.125. The van der Waals surface area contributed by atoms with E-state index in [-0.39, 0.29) is 5.91 Å². The molecule has 0 unspecified atom stereocenters. The topological polar surface area (TPSA) is 70.9 Å². The Morgan fingerprint density at radius 2 is 2.10 bits per heavy atom. The van der Waals surface area contributed by atoms with Gasteiger partial charge >= 0.3 is 0 Å². The minimum atomic E-state index is -0.122. The number of nitrogens with one attached hydrogen (secondary N) is 2. The minimum Gasteiger partial charge on any atom is -0.464 e. The van der Waals surface area contributed by atoms with Crippen LogP contribution in [-0.2, 0) is 6.54 Å². The van der Waals surface area contributed by atoms with Crippen molar-refractivity contribution in [2.24, 2.45) is 0 Å². The molecule has 0 spiro atoms. The summed E-state index contributed by atoms with van der Waals surface area (Å²) in [7, 11) is 0. The van der Waals surface area contributed by atoms with Gasteiger partial charge in [0.1, 0.15) is 5.76 Å². The van der Waals surface area contributed by atoms with E-state index >= 15 is 0 Å². The number of carbonyl (C=O) groups excluding carboxylic acids is 1. The van der Waals surface area contributed by atoms with Crippen LogP contribution in [0.4, 0.5) is 0 Å². The van der Waals surface area contributed by atoms with Crippen LogP contribution in [0.25, 0.3) is 11.3 Å². The van der Waals surface area contributed by atoms with Crippen molar-refractivity contribution < 1.29 is 9.21 Å². The minimum absolute atomic E-state index is 0.122. The van der Waals surface area contributed by atoms with Crippen LogP contribution >= 0.6 is 0 Å². The predicted molar refractivity (Wildman–Crippen MR) is 78.6 cm³/mol. The number of aromatic nitrogens is 2. The van der Waals surface area contributed by atoms with Crippen LogP contribution in [0, 0.1) is 6.92 Å². The number of carbonyl (C=O) groups is 1. The summed E-state index contributed by atoms with van der Waals surface area (Å²) in [4.78, 5) is 19.2. The highest BCUT2D eigenvalue weighted by Gasteiger charge is 2.08. The number of hydrogen-bond acceptors (Lipinski definition) is 3. The van der Waals surface area contributed by atoms with E-state index in [2.05, 4.69) is 15.3 Å². The molecule has 0 saturated carbocycles. The van der Waals surface area contributed by atoms with Gasteiger partial charge in [-0.25, -0.2) is 4.98 Å². The van der Waals surface area contributed by atoms with Crippen LogP contribution in [0.1, 0.15) is 21.7 Å². The van der Waals surface area contributed by atoms with Gasteiger partial charge in [0.05, 0.1) is 24.8 Å². The van der Waals surface area contributed by atoms with E-state index in [4.69, 9.17) is 4.42 Å². The lowest BCUT2D eigenvalue weighted by atomic mass is 10.1. The summed E-state index contributed by atoms with van der Waals surface area (Å²) in [5, 5.41) is 2.85. The fourth-order valence-electron chi connectivity index (χ4n) is 2.06. The summed E-state index contributed by atoms with van der Waals surface area (Å²) in [6, 6.07) is 11.0. The summed E-state index contributed by atoms with van der Waals surface area (Å²) in [5.74, 6) is 0.664. The summed E-state index contributed by atoms with van der Waals surface area (Å²) in [6.07, 6.45) is 3.25. The highest BCUT2D eigenvalue weighted by molar-refractivity contribution is 5.94. The molecule has 0 atom stereocenters. The molecule has 5 nitrogen and oxygen atoms in total. The molecule has 0 aliphatic heterocycles. The molecule has 3 rings (SSSR count). The summed E-state index contributed by atoms with van der Waals surface area (Å²) in [6.45, 7) is 2.33. The van der Waals surface area contributed by atoms with Crippen LogP contribution in [-0.4, -0.2) is 15.9 Å². The van der Waals surface area contributed by atoms with Gasteiger partial charge in [-0.1, -0.05) is 12.1 Å². The second-order valence-corrected chi connectivity index (χ2v) is 4.71. The Hall–Kier alpha value is -2.82. The van der Waals surface area contributed by atoms with Crippen molar-refractivity contribution >= 4 is 5.91 Å². The van der Waals surface area contributed by atoms with Gasteiger partial charge in [-0.15, -0.1) is 0 Å². The van der Waals surface area contributed by atoms with Crippen molar-refractivity contribution in [3.8, 4) is 11.3 Å². The zero-order chi connectivity index (χ0) is 14.7. The normalized spacial score (nSPS) is 10.5. The summed E-state index contributed by atoms with van der Waals surface area (Å²) >= 11 is 0. The number of hydrogen-bond donors (Lipinski definition) is 2. The third kappa shape index (κ3) is 2.86. The van der Waals surface area contributed by atoms with Gasteiger partial charge in [0, 0.05) is 16.8 Å². The number of aryl methyl sites for hydroxylation is 1. The number of imidazole rings is 1. The number of aromatic amines is 1. The number of amides is 1. The number of rotatable bonds is 4. The molecule has 0 aliphatic rings. The van der Waals surface area contributed by atoms with Crippen molar-refractivity contribution in [1.29, 1.82) is 0 Å². The van der Waals surface area contributed by atoms with Crippen molar-refractivity contribution in [1.82, 2.24) is 15.3 Å². The molecule has 0 bridgehead atoms. The first-order valence-corrected chi connectivity index (χ1v) is 6.65. The second kappa shape index (κ2) is 5.66. The smallest absolute Gasteiger partial charge is 0.251 e. The third-order valence-corrected chi connectivity index (χ3v) is 3.30. The molecule has 1 aromatic carbocycles. The van der Waals surface area contributed by atoms with Gasteiger partial charge in [-0.3, -0.25) is 4.79 Å². The number of nitrogens with zero attached hydrogens (tertiary/aromatic N) is 1. The van der Waals surface area contributed by atoms with Crippen molar-refractivity contribution in [3.63, 3.8) is 0 Å². The Morgan fingerprint density at radius 3 is 2.71 bits per heavy atom. The van der Waals surface area contributed by atoms with Crippen LogP contribution in [0.3, 0.4) is 0 Å². The monoisotopic (exact) mass is 281 g/mol. The van der Waals surface area contributed by atoms with Gasteiger partial charge in [0.2, 0.25) is 0 Å². The van der Waals surface area contributed by atoms with Gasteiger partial charge < -0.3 is 14.7 Å². The van der Waals surface area contributed by atoms with Crippen LogP contribution in [0.15, 0.2) is 53.4 Å². The van der Waals surface area contributed by atoms with E-state index in [9.17, 15) is 4.79 Å². The molecule has 5 heteroatoms. The van der Waals surface area contributed by atoms with E-state index in [1.54, 1.807) is 24.7 Å². The number of H-pyrrole nitrogens is 1.